The van der Waals surface area contributed by atoms with Gasteiger partial charge in [-0.05, 0) is 48.4 Å². The lowest BCUT2D eigenvalue weighted by molar-refractivity contribution is -0.123. The molecule has 1 heterocycles. The minimum Gasteiger partial charge on any atom is -0.484 e. The predicted octanol–water partition coefficient (Wildman–Crippen LogP) is 2.05. The third-order valence-electron chi connectivity index (χ3n) is 4.15. The number of amides is 1. The Bertz CT molecular complexity index is 667. The summed E-state index contributed by atoms with van der Waals surface area (Å²) in [4.78, 5) is 11.8. The Labute approximate surface area is 138 Å². The van der Waals surface area contributed by atoms with E-state index in [1.54, 1.807) is 0 Å². The highest BCUT2D eigenvalue weighted by molar-refractivity contribution is 7.91. The summed E-state index contributed by atoms with van der Waals surface area (Å²) in [6.45, 7) is 6.65. The van der Waals surface area contributed by atoms with Gasteiger partial charge in [0.1, 0.15) is 5.75 Å². The fraction of sp³-hybridized carbons (Fsp3) is 0.588. The molecule has 0 aromatic heterocycles. The number of aryl methyl sites for hydroxylation is 1. The van der Waals surface area contributed by atoms with Gasteiger partial charge in [0, 0.05) is 6.54 Å². The average Bonchev–Trinajstić information content (AvgIpc) is 2.82. The van der Waals surface area contributed by atoms with Crippen molar-refractivity contribution in [3.8, 4) is 5.75 Å². The molecule has 6 heteroatoms. The molecule has 0 aliphatic carbocycles. The van der Waals surface area contributed by atoms with Crippen LogP contribution in [-0.4, -0.2) is 39.0 Å². The molecule has 2 rings (SSSR count). The van der Waals surface area contributed by atoms with Gasteiger partial charge in [0.25, 0.3) is 5.91 Å². The van der Waals surface area contributed by atoms with Crippen LogP contribution in [-0.2, 0) is 14.6 Å². The molecule has 23 heavy (non-hydrogen) atoms. The first kappa shape index (κ1) is 17.8. The maximum absolute atomic E-state index is 11.8. The highest BCUT2D eigenvalue weighted by Gasteiger charge is 2.27. The summed E-state index contributed by atoms with van der Waals surface area (Å²) < 4.78 is 28.2. The molecule has 1 aliphatic rings. The minimum atomic E-state index is -2.90. The van der Waals surface area contributed by atoms with Crippen LogP contribution in [0.2, 0.25) is 0 Å². The first-order valence-electron chi connectivity index (χ1n) is 7.97. The van der Waals surface area contributed by atoms with Crippen LogP contribution >= 0.6 is 0 Å². The largest absolute Gasteiger partial charge is 0.484 e. The number of benzene rings is 1. The lowest BCUT2D eigenvalue weighted by Crippen LogP contribution is -2.33. The topological polar surface area (TPSA) is 72.5 Å². The van der Waals surface area contributed by atoms with Crippen LogP contribution in [0.1, 0.15) is 37.3 Å². The molecule has 0 bridgehead atoms. The third kappa shape index (κ3) is 5.23. The van der Waals surface area contributed by atoms with Crippen LogP contribution in [0.3, 0.4) is 0 Å². The maximum atomic E-state index is 11.8. The van der Waals surface area contributed by atoms with Gasteiger partial charge < -0.3 is 10.1 Å². The summed E-state index contributed by atoms with van der Waals surface area (Å²) >= 11 is 0. The second kappa shape index (κ2) is 7.34. The zero-order chi connectivity index (χ0) is 17.0. The first-order valence-corrected chi connectivity index (χ1v) is 9.79. The lowest BCUT2D eigenvalue weighted by atomic mass is 9.98. The molecule has 1 aliphatic heterocycles. The van der Waals surface area contributed by atoms with Crippen molar-refractivity contribution in [2.24, 2.45) is 5.92 Å². The van der Waals surface area contributed by atoms with E-state index in [0.29, 0.717) is 24.6 Å². The van der Waals surface area contributed by atoms with E-state index in [-0.39, 0.29) is 29.9 Å². The van der Waals surface area contributed by atoms with Gasteiger partial charge >= 0.3 is 0 Å². The highest BCUT2D eigenvalue weighted by atomic mass is 32.2. The molecule has 0 spiro atoms. The quantitative estimate of drug-likeness (QED) is 0.861. The molecule has 1 fully saturated rings. The van der Waals surface area contributed by atoms with Crippen molar-refractivity contribution >= 4 is 15.7 Å². The van der Waals surface area contributed by atoms with E-state index in [0.717, 1.165) is 5.56 Å². The maximum Gasteiger partial charge on any atom is 0.257 e. The van der Waals surface area contributed by atoms with E-state index >= 15 is 0 Å². The molecule has 1 unspecified atom stereocenters. The van der Waals surface area contributed by atoms with Gasteiger partial charge in [0.15, 0.2) is 16.4 Å². The van der Waals surface area contributed by atoms with Crippen molar-refractivity contribution in [1.29, 1.82) is 0 Å². The van der Waals surface area contributed by atoms with E-state index < -0.39 is 9.84 Å². The van der Waals surface area contributed by atoms with Gasteiger partial charge in [-0.3, -0.25) is 4.79 Å². The Hall–Kier alpha value is -1.56. The van der Waals surface area contributed by atoms with E-state index in [1.807, 2.05) is 25.1 Å². The van der Waals surface area contributed by atoms with Crippen LogP contribution in [0.4, 0.5) is 0 Å². The Balaban J connectivity index is 1.77. The van der Waals surface area contributed by atoms with E-state index in [2.05, 4.69) is 19.2 Å². The van der Waals surface area contributed by atoms with E-state index in [4.69, 9.17) is 4.74 Å². The molecule has 5 nitrogen and oxygen atoms in total. The Morgan fingerprint density at radius 2 is 2.13 bits per heavy atom. The molecule has 1 atom stereocenters. The molecular formula is C17H25NO4S. The summed E-state index contributed by atoms with van der Waals surface area (Å²) in [7, 11) is -2.90. The predicted molar refractivity (Wildman–Crippen MR) is 90.5 cm³/mol. The second-order valence-electron chi connectivity index (χ2n) is 6.53. The number of hydrogen-bond donors (Lipinski definition) is 1. The standard InChI is InChI=1S/C17H25NO4S/c1-12(2)16-5-4-15(8-13(16)3)22-10-17(19)18-9-14-6-7-23(20,21)11-14/h4-5,8,12,14H,6-7,9-11H2,1-3H3,(H,18,19). The number of carbonyl (C=O) groups is 1. The number of ether oxygens (including phenoxy) is 1. The lowest BCUT2D eigenvalue weighted by Gasteiger charge is -2.13. The van der Waals surface area contributed by atoms with Gasteiger partial charge in [-0.15, -0.1) is 0 Å². The molecule has 1 saturated heterocycles. The van der Waals surface area contributed by atoms with Crippen LogP contribution in [0.15, 0.2) is 18.2 Å². The Kier molecular flexibility index (Phi) is 5.68. The fourth-order valence-corrected chi connectivity index (χ4v) is 4.74. The van der Waals surface area contributed by atoms with Crippen molar-refractivity contribution in [1.82, 2.24) is 5.32 Å². The van der Waals surface area contributed by atoms with Crippen molar-refractivity contribution in [2.75, 3.05) is 24.7 Å². The van der Waals surface area contributed by atoms with Crippen molar-refractivity contribution in [2.45, 2.75) is 33.1 Å². The smallest absolute Gasteiger partial charge is 0.257 e. The fourth-order valence-electron chi connectivity index (χ4n) is 2.88. The molecule has 0 radical (unpaired) electrons. The van der Waals surface area contributed by atoms with Gasteiger partial charge in [0.05, 0.1) is 11.5 Å². The van der Waals surface area contributed by atoms with Gasteiger partial charge in [-0.1, -0.05) is 19.9 Å². The summed E-state index contributed by atoms with van der Waals surface area (Å²) in [6.07, 6.45) is 0.624. The first-order chi connectivity index (χ1) is 10.8. The molecule has 0 saturated carbocycles. The average molecular weight is 339 g/mol. The van der Waals surface area contributed by atoms with Crippen LogP contribution in [0.25, 0.3) is 0 Å². The van der Waals surface area contributed by atoms with Crippen molar-refractivity contribution < 1.29 is 17.9 Å². The summed E-state index contributed by atoms with van der Waals surface area (Å²) in [6, 6.07) is 5.84. The summed E-state index contributed by atoms with van der Waals surface area (Å²) in [5.74, 6) is 1.33. The third-order valence-corrected chi connectivity index (χ3v) is 5.98. The molecule has 1 amide bonds. The Morgan fingerprint density at radius 3 is 2.70 bits per heavy atom. The van der Waals surface area contributed by atoms with Gasteiger partial charge in [-0.2, -0.15) is 0 Å². The normalized spacial score (nSPS) is 19.7. The molecule has 1 aromatic rings. The SMILES string of the molecule is Cc1cc(OCC(=O)NCC2CCS(=O)(=O)C2)ccc1C(C)C. The van der Waals surface area contributed by atoms with Crippen molar-refractivity contribution in [3.63, 3.8) is 0 Å². The zero-order valence-corrected chi connectivity index (χ0v) is 14.8. The van der Waals surface area contributed by atoms with Gasteiger partial charge in [0.2, 0.25) is 0 Å². The second-order valence-corrected chi connectivity index (χ2v) is 8.76. The monoisotopic (exact) mass is 339 g/mol. The van der Waals surface area contributed by atoms with Gasteiger partial charge in [-0.25, -0.2) is 8.42 Å². The number of rotatable bonds is 6. The number of carbonyl (C=O) groups excluding carboxylic acids is 1. The summed E-state index contributed by atoms with van der Waals surface area (Å²) in [5, 5.41) is 2.75. The number of sulfone groups is 1. The molecular weight excluding hydrogens is 314 g/mol. The van der Waals surface area contributed by atoms with Crippen LogP contribution < -0.4 is 10.1 Å². The van der Waals surface area contributed by atoms with Crippen molar-refractivity contribution in [3.05, 3.63) is 29.3 Å². The molecule has 128 valence electrons. The van der Waals surface area contributed by atoms with E-state index in [9.17, 15) is 13.2 Å². The van der Waals surface area contributed by atoms with E-state index in [1.165, 1.54) is 5.56 Å². The Morgan fingerprint density at radius 1 is 1.39 bits per heavy atom. The zero-order valence-electron chi connectivity index (χ0n) is 14.0. The molecule has 1 N–H and O–H groups in total. The number of nitrogens with one attached hydrogen (secondary N) is 1. The molecule has 1 aromatic carbocycles. The van der Waals surface area contributed by atoms with Crippen LogP contribution in [0, 0.1) is 12.8 Å². The van der Waals surface area contributed by atoms with Crippen LogP contribution in [0.5, 0.6) is 5.75 Å². The summed E-state index contributed by atoms with van der Waals surface area (Å²) in [5.41, 5.74) is 2.42. The minimum absolute atomic E-state index is 0.0246. The number of hydrogen-bond acceptors (Lipinski definition) is 4. The highest BCUT2D eigenvalue weighted by Crippen LogP contribution is 2.23.